The third-order valence-electron chi connectivity index (χ3n) is 1.37. The van der Waals surface area contributed by atoms with Gasteiger partial charge in [-0.25, -0.2) is 13.8 Å². The molecule has 0 radical (unpaired) electrons. The molecule has 0 unspecified atom stereocenters. The van der Waals surface area contributed by atoms with Crippen molar-refractivity contribution in [2.45, 2.75) is 6.43 Å². The number of halogens is 3. The molecular weight excluding hydrogens is 291 g/mol. The Labute approximate surface area is 86.7 Å². The summed E-state index contributed by atoms with van der Waals surface area (Å²) in [6.45, 7) is 0. The van der Waals surface area contributed by atoms with Gasteiger partial charge < -0.3 is 5.73 Å². The molecule has 0 aromatic carbocycles. The van der Waals surface area contributed by atoms with Crippen molar-refractivity contribution in [1.29, 1.82) is 5.26 Å². The molecule has 13 heavy (non-hydrogen) atoms. The number of hydrogen-bond acceptors (Lipinski definition) is 3. The first-order valence-electron chi connectivity index (χ1n) is 3.20. The molecule has 1 rings (SSSR count). The molecule has 0 aliphatic rings. The van der Waals surface area contributed by atoms with Crippen molar-refractivity contribution in [1.82, 2.24) is 4.98 Å². The van der Waals surface area contributed by atoms with E-state index in [0.717, 1.165) is 6.07 Å². The maximum atomic E-state index is 12.3. The molecule has 0 atom stereocenters. The second-order valence-corrected chi connectivity index (χ2v) is 3.24. The Balaban J connectivity index is 3.41. The first-order valence-corrected chi connectivity index (χ1v) is 4.28. The van der Waals surface area contributed by atoms with Crippen molar-refractivity contribution in [3.05, 3.63) is 20.9 Å². The van der Waals surface area contributed by atoms with E-state index in [0.29, 0.717) is 0 Å². The summed E-state index contributed by atoms with van der Waals surface area (Å²) in [6, 6.07) is 2.69. The lowest BCUT2D eigenvalue weighted by molar-refractivity contribution is 0.151. The Morgan fingerprint density at radius 3 is 2.69 bits per heavy atom. The molecule has 2 N–H and O–H groups in total. The largest absolute Gasteiger partial charge is 0.384 e. The molecule has 0 amide bonds. The van der Waals surface area contributed by atoms with Crippen LogP contribution in [0.3, 0.4) is 0 Å². The highest BCUT2D eigenvalue weighted by atomic mass is 127. The zero-order valence-corrected chi connectivity index (χ0v) is 8.42. The third kappa shape index (κ3) is 2.03. The molecule has 0 fully saturated rings. The number of nitrogens with two attached hydrogens (primary N) is 1. The average Bonchev–Trinajstić information content (AvgIpc) is 2.02. The highest BCUT2D eigenvalue weighted by Crippen LogP contribution is 2.26. The van der Waals surface area contributed by atoms with Crippen LogP contribution in [0.5, 0.6) is 0 Å². The Bertz CT molecular complexity index is 373. The van der Waals surface area contributed by atoms with Gasteiger partial charge in [0.05, 0.1) is 5.56 Å². The van der Waals surface area contributed by atoms with Gasteiger partial charge in [-0.2, -0.15) is 5.26 Å². The molecule has 68 valence electrons. The van der Waals surface area contributed by atoms with E-state index in [-0.39, 0.29) is 20.6 Å². The highest BCUT2D eigenvalue weighted by Gasteiger charge is 2.17. The van der Waals surface area contributed by atoms with Crippen LogP contribution in [-0.2, 0) is 0 Å². The molecule has 0 bridgehead atoms. The number of hydrogen-bond donors (Lipinski definition) is 1. The van der Waals surface area contributed by atoms with Gasteiger partial charge in [0.15, 0.2) is 0 Å². The number of nitrogens with zero attached hydrogens (tertiary/aromatic N) is 2. The van der Waals surface area contributed by atoms with Crippen LogP contribution in [0.25, 0.3) is 0 Å². The van der Waals surface area contributed by atoms with E-state index < -0.39 is 6.43 Å². The summed E-state index contributed by atoms with van der Waals surface area (Å²) in [5.74, 6) is -0.00120. The third-order valence-corrected chi connectivity index (χ3v) is 2.15. The summed E-state index contributed by atoms with van der Waals surface area (Å²) in [5.41, 5.74) is 4.79. The lowest BCUT2D eigenvalue weighted by Crippen LogP contribution is -2.01. The van der Waals surface area contributed by atoms with E-state index in [2.05, 4.69) is 4.98 Å². The van der Waals surface area contributed by atoms with Crippen molar-refractivity contribution in [3.63, 3.8) is 0 Å². The molecule has 1 heterocycles. The minimum Gasteiger partial charge on any atom is -0.384 e. The predicted octanol–water partition coefficient (Wildman–Crippen LogP) is 2.08. The average molecular weight is 295 g/mol. The van der Waals surface area contributed by atoms with E-state index in [1.165, 1.54) is 0 Å². The van der Waals surface area contributed by atoms with Gasteiger partial charge in [0.1, 0.15) is 15.6 Å². The van der Waals surface area contributed by atoms with Gasteiger partial charge in [-0.15, -0.1) is 0 Å². The number of aromatic nitrogens is 1. The second kappa shape index (κ2) is 3.83. The molecule has 1 aromatic heterocycles. The summed E-state index contributed by atoms with van der Waals surface area (Å²) in [6.07, 6.45) is -2.70. The number of pyridine rings is 1. The Hall–Kier alpha value is -0.970. The Morgan fingerprint density at radius 2 is 2.23 bits per heavy atom. The fourth-order valence-electron chi connectivity index (χ4n) is 0.835. The van der Waals surface area contributed by atoms with Crippen LogP contribution >= 0.6 is 22.6 Å². The molecule has 0 aliphatic heterocycles. The number of alkyl halides is 2. The van der Waals surface area contributed by atoms with E-state index in [1.54, 1.807) is 28.7 Å². The van der Waals surface area contributed by atoms with Gasteiger partial charge in [-0.1, -0.05) is 0 Å². The quantitative estimate of drug-likeness (QED) is 0.637. The topological polar surface area (TPSA) is 62.7 Å². The van der Waals surface area contributed by atoms with Gasteiger partial charge in [0.2, 0.25) is 0 Å². The lowest BCUT2D eigenvalue weighted by atomic mass is 10.1. The number of nitrogen functional groups attached to an aromatic ring is 1. The van der Waals surface area contributed by atoms with Crippen LogP contribution in [0.2, 0.25) is 0 Å². The fourth-order valence-corrected chi connectivity index (χ4v) is 1.55. The molecule has 0 saturated carbocycles. The molecule has 0 saturated heterocycles. The van der Waals surface area contributed by atoms with Gasteiger partial charge in [-0.3, -0.25) is 0 Å². The van der Waals surface area contributed by atoms with Gasteiger partial charge >= 0.3 is 0 Å². The van der Waals surface area contributed by atoms with Gasteiger partial charge in [0.25, 0.3) is 6.43 Å². The van der Waals surface area contributed by atoms with Crippen LogP contribution in [0.1, 0.15) is 17.6 Å². The first-order chi connectivity index (χ1) is 6.06. The van der Waals surface area contributed by atoms with Crippen LogP contribution in [-0.4, -0.2) is 4.98 Å². The molecule has 3 nitrogen and oxygen atoms in total. The second-order valence-electron chi connectivity index (χ2n) is 2.21. The lowest BCUT2D eigenvalue weighted by Gasteiger charge is -2.04. The smallest absolute Gasteiger partial charge is 0.265 e. The highest BCUT2D eigenvalue weighted by molar-refractivity contribution is 14.1. The van der Waals surface area contributed by atoms with E-state index in [9.17, 15) is 8.78 Å². The maximum absolute atomic E-state index is 12.3. The Kier molecular flexibility index (Phi) is 2.98. The first kappa shape index (κ1) is 10.1. The van der Waals surface area contributed by atoms with E-state index in [1.807, 2.05) is 0 Å². The van der Waals surface area contributed by atoms with Gasteiger partial charge in [-0.05, 0) is 28.7 Å². The molecule has 0 aliphatic carbocycles. The zero-order valence-electron chi connectivity index (χ0n) is 6.26. The minimum atomic E-state index is -2.70. The zero-order chi connectivity index (χ0) is 10.0. The number of anilines is 1. The Morgan fingerprint density at radius 1 is 1.62 bits per heavy atom. The van der Waals surface area contributed by atoms with Crippen LogP contribution < -0.4 is 5.73 Å². The van der Waals surface area contributed by atoms with Crippen molar-refractivity contribution >= 4 is 28.4 Å². The van der Waals surface area contributed by atoms with Crippen LogP contribution in [0, 0.1) is 15.0 Å². The SMILES string of the molecule is N#Cc1c(C(F)F)cc(N)nc1I. The van der Waals surface area contributed by atoms with Crippen molar-refractivity contribution in [2.24, 2.45) is 0 Å². The summed E-state index contributed by atoms with van der Waals surface area (Å²) < 4.78 is 24.9. The summed E-state index contributed by atoms with van der Waals surface area (Å²) in [5, 5.41) is 8.57. The summed E-state index contributed by atoms with van der Waals surface area (Å²) in [7, 11) is 0. The predicted molar refractivity (Wildman–Crippen MR) is 51.0 cm³/mol. The standard InChI is InChI=1S/C7H4F2IN3/c8-6(9)3-1-5(12)13-7(10)4(3)2-11/h1,6H,(H2,12,13). The van der Waals surface area contributed by atoms with Crippen LogP contribution in [0.15, 0.2) is 6.07 Å². The van der Waals surface area contributed by atoms with Crippen molar-refractivity contribution < 1.29 is 8.78 Å². The fraction of sp³-hybridized carbons (Fsp3) is 0.143. The summed E-state index contributed by atoms with van der Waals surface area (Å²) in [4.78, 5) is 3.70. The molecule has 0 spiro atoms. The van der Waals surface area contributed by atoms with E-state index >= 15 is 0 Å². The van der Waals surface area contributed by atoms with E-state index in [4.69, 9.17) is 11.0 Å². The van der Waals surface area contributed by atoms with Crippen LogP contribution in [0.4, 0.5) is 14.6 Å². The van der Waals surface area contributed by atoms with Gasteiger partial charge in [0, 0.05) is 5.56 Å². The molecule has 1 aromatic rings. The number of nitriles is 1. The number of rotatable bonds is 1. The minimum absolute atomic E-state index is 0.00120. The normalized spacial score (nSPS) is 10.1. The summed E-state index contributed by atoms with van der Waals surface area (Å²) >= 11 is 1.70. The molecular formula is C7H4F2IN3. The van der Waals surface area contributed by atoms with Crippen molar-refractivity contribution in [3.8, 4) is 6.07 Å². The molecule has 6 heteroatoms. The maximum Gasteiger partial charge on any atom is 0.265 e. The monoisotopic (exact) mass is 295 g/mol. The van der Waals surface area contributed by atoms with Crippen molar-refractivity contribution in [2.75, 3.05) is 5.73 Å².